The number of piperazine rings is 1. The second kappa shape index (κ2) is 9.60. The fourth-order valence-electron chi connectivity index (χ4n) is 4.68. The molecule has 4 rings (SSSR count). The molecule has 166 valence electrons. The van der Waals surface area contributed by atoms with Gasteiger partial charge in [-0.1, -0.05) is 30.3 Å². The smallest absolute Gasteiger partial charge is 0.318 e. The number of rotatable bonds is 4. The van der Waals surface area contributed by atoms with Gasteiger partial charge < -0.3 is 15.1 Å². The van der Waals surface area contributed by atoms with E-state index < -0.39 is 5.82 Å². The van der Waals surface area contributed by atoms with Crippen LogP contribution in [0.15, 0.2) is 42.7 Å². The monoisotopic (exact) mass is 426 g/mol. The summed E-state index contributed by atoms with van der Waals surface area (Å²) in [7, 11) is 0. The molecule has 1 aromatic carbocycles. The zero-order chi connectivity index (χ0) is 21.8. The van der Waals surface area contributed by atoms with Gasteiger partial charge in [-0.2, -0.15) is 0 Å². The summed E-state index contributed by atoms with van der Waals surface area (Å²) >= 11 is 0. The molecule has 31 heavy (non-hydrogen) atoms. The van der Waals surface area contributed by atoms with Crippen LogP contribution in [0.3, 0.4) is 0 Å². The van der Waals surface area contributed by atoms with E-state index in [0.717, 1.165) is 32.5 Å². The Bertz CT molecular complexity index is 844. The van der Waals surface area contributed by atoms with Crippen LogP contribution in [0.5, 0.6) is 0 Å². The number of hydrogen-bond donors (Lipinski definition) is 1. The minimum absolute atomic E-state index is 0.00110. The lowest BCUT2D eigenvalue weighted by molar-refractivity contribution is 0.130. The predicted molar refractivity (Wildman–Crippen MR) is 118 cm³/mol. The number of hydrogen-bond acceptors (Lipinski definition) is 5. The van der Waals surface area contributed by atoms with E-state index in [4.69, 9.17) is 0 Å². The molecular formula is C23H31FN6O. The van der Waals surface area contributed by atoms with Gasteiger partial charge in [-0.25, -0.2) is 19.2 Å². The van der Waals surface area contributed by atoms with Gasteiger partial charge >= 0.3 is 6.03 Å². The standard InChI is InChI=1S/C23H31FN6O/c1-17-14-29(22-25-12-20(24)13-26-22)15-18(2)30(17)23(31)27-21-8-10-28(11-9-21)16-19-6-4-3-5-7-19/h3-7,12-13,17-18,21H,8-11,14-16H2,1-2H3,(H,27,31)/t17-,18+. The molecule has 1 aromatic heterocycles. The third kappa shape index (κ3) is 5.31. The number of carbonyl (C=O) groups excluding carboxylic acids is 1. The molecule has 3 heterocycles. The summed E-state index contributed by atoms with van der Waals surface area (Å²) < 4.78 is 13.1. The highest BCUT2D eigenvalue weighted by atomic mass is 19.1. The van der Waals surface area contributed by atoms with Crippen LogP contribution in [0.25, 0.3) is 0 Å². The van der Waals surface area contributed by atoms with Crippen LogP contribution in [-0.4, -0.2) is 70.1 Å². The minimum atomic E-state index is -0.447. The molecule has 0 saturated carbocycles. The van der Waals surface area contributed by atoms with Gasteiger partial charge in [0.2, 0.25) is 5.95 Å². The highest BCUT2D eigenvalue weighted by molar-refractivity contribution is 5.75. The van der Waals surface area contributed by atoms with Crippen molar-refractivity contribution in [3.05, 3.63) is 54.1 Å². The molecule has 0 spiro atoms. The van der Waals surface area contributed by atoms with E-state index in [1.807, 2.05) is 29.7 Å². The number of carbonyl (C=O) groups is 1. The average Bonchev–Trinajstić information content (AvgIpc) is 2.76. The van der Waals surface area contributed by atoms with Crippen LogP contribution in [-0.2, 0) is 6.54 Å². The lowest BCUT2D eigenvalue weighted by Crippen LogP contribution is -2.62. The van der Waals surface area contributed by atoms with Gasteiger partial charge in [0.05, 0.1) is 12.4 Å². The molecule has 1 N–H and O–H groups in total. The van der Waals surface area contributed by atoms with Gasteiger partial charge in [0.1, 0.15) is 0 Å². The highest BCUT2D eigenvalue weighted by Crippen LogP contribution is 2.21. The molecule has 2 aliphatic heterocycles. The second-order valence-electron chi connectivity index (χ2n) is 8.70. The van der Waals surface area contributed by atoms with Crippen molar-refractivity contribution in [2.45, 2.75) is 51.4 Å². The van der Waals surface area contributed by atoms with E-state index in [1.54, 1.807) is 0 Å². The largest absolute Gasteiger partial charge is 0.337 e. The number of amides is 2. The fourth-order valence-corrected chi connectivity index (χ4v) is 4.68. The Labute approximate surface area is 183 Å². The third-order valence-corrected chi connectivity index (χ3v) is 6.21. The van der Waals surface area contributed by atoms with E-state index >= 15 is 0 Å². The first-order valence-electron chi connectivity index (χ1n) is 11.1. The number of nitrogens with one attached hydrogen (secondary N) is 1. The predicted octanol–water partition coefficient (Wildman–Crippen LogP) is 2.89. The molecule has 2 atom stereocenters. The summed E-state index contributed by atoms with van der Waals surface area (Å²) in [5, 5.41) is 3.26. The van der Waals surface area contributed by atoms with Crippen LogP contribution in [0, 0.1) is 5.82 Å². The van der Waals surface area contributed by atoms with E-state index in [2.05, 4.69) is 44.5 Å². The molecule has 2 amide bonds. The van der Waals surface area contributed by atoms with Crippen molar-refractivity contribution in [1.82, 2.24) is 25.1 Å². The lowest BCUT2D eigenvalue weighted by Gasteiger charge is -2.45. The zero-order valence-corrected chi connectivity index (χ0v) is 18.2. The molecule has 0 aliphatic carbocycles. The van der Waals surface area contributed by atoms with Gasteiger partial charge in [-0.3, -0.25) is 4.90 Å². The summed E-state index contributed by atoms with van der Waals surface area (Å²) in [6.07, 6.45) is 4.29. The van der Waals surface area contributed by atoms with Crippen LogP contribution < -0.4 is 10.2 Å². The summed E-state index contributed by atoms with van der Waals surface area (Å²) in [6, 6.07) is 10.7. The zero-order valence-electron chi connectivity index (χ0n) is 18.2. The summed E-state index contributed by atoms with van der Waals surface area (Å²) in [5.74, 6) is 0.0589. The van der Waals surface area contributed by atoms with Crippen molar-refractivity contribution in [3.8, 4) is 0 Å². The third-order valence-electron chi connectivity index (χ3n) is 6.21. The normalized spacial score (nSPS) is 23.1. The number of anilines is 1. The Balaban J connectivity index is 1.27. The first-order valence-corrected chi connectivity index (χ1v) is 11.1. The first-order chi connectivity index (χ1) is 15.0. The van der Waals surface area contributed by atoms with Gasteiger partial charge in [0.25, 0.3) is 0 Å². The minimum Gasteiger partial charge on any atom is -0.337 e. The SMILES string of the molecule is C[C@@H]1CN(c2ncc(F)cn2)C[C@H](C)N1C(=O)NC1CCN(Cc2ccccc2)CC1. The van der Waals surface area contributed by atoms with Crippen molar-refractivity contribution in [3.63, 3.8) is 0 Å². The van der Waals surface area contributed by atoms with Gasteiger partial charge in [-0.05, 0) is 32.3 Å². The van der Waals surface area contributed by atoms with Crippen LogP contribution in [0.2, 0.25) is 0 Å². The number of benzene rings is 1. The molecule has 7 nitrogen and oxygen atoms in total. The van der Waals surface area contributed by atoms with E-state index in [9.17, 15) is 9.18 Å². The van der Waals surface area contributed by atoms with Gasteiger partial charge in [-0.15, -0.1) is 0 Å². The average molecular weight is 427 g/mol. The molecule has 2 aliphatic rings. The molecule has 2 fully saturated rings. The first kappa shape index (κ1) is 21.5. The molecule has 8 heteroatoms. The fraction of sp³-hybridized carbons (Fsp3) is 0.522. The van der Waals surface area contributed by atoms with E-state index in [-0.39, 0.29) is 24.2 Å². The van der Waals surface area contributed by atoms with Crippen LogP contribution in [0.4, 0.5) is 15.1 Å². The summed E-state index contributed by atoms with van der Waals surface area (Å²) in [6.45, 7) is 8.25. The number of piperidine rings is 1. The number of nitrogens with zero attached hydrogens (tertiary/aromatic N) is 5. The maximum Gasteiger partial charge on any atom is 0.318 e. The number of likely N-dealkylation sites (tertiary alicyclic amines) is 1. The van der Waals surface area contributed by atoms with Crippen molar-refractivity contribution < 1.29 is 9.18 Å². The Morgan fingerprint density at radius 3 is 2.29 bits per heavy atom. The number of halogens is 1. The van der Waals surface area contributed by atoms with Crippen LogP contribution >= 0.6 is 0 Å². The van der Waals surface area contributed by atoms with Crippen molar-refractivity contribution in [2.75, 3.05) is 31.1 Å². The quantitative estimate of drug-likeness (QED) is 0.815. The lowest BCUT2D eigenvalue weighted by atomic mass is 10.0. The number of aromatic nitrogens is 2. The Hall–Kier alpha value is -2.74. The number of urea groups is 1. The second-order valence-corrected chi connectivity index (χ2v) is 8.70. The topological polar surface area (TPSA) is 64.6 Å². The highest BCUT2D eigenvalue weighted by Gasteiger charge is 2.35. The molecule has 2 saturated heterocycles. The Kier molecular flexibility index (Phi) is 6.65. The molecule has 2 aromatic rings. The summed E-state index contributed by atoms with van der Waals surface area (Å²) in [5.41, 5.74) is 1.33. The summed E-state index contributed by atoms with van der Waals surface area (Å²) in [4.78, 5) is 27.6. The van der Waals surface area contributed by atoms with E-state index in [1.165, 1.54) is 18.0 Å². The van der Waals surface area contributed by atoms with Crippen molar-refractivity contribution in [2.24, 2.45) is 0 Å². The Morgan fingerprint density at radius 2 is 1.68 bits per heavy atom. The maximum absolute atomic E-state index is 13.1. The molecule has 0 bridgehead atoms. The maximum atomic E-state index is 13.1. The molecule has 0 unspecified atom stereocenters. The van der Waals surface area contributed by atoms with Gasteiger partial charge in [0, 0.05) is 50.8 Å². The molecule has 0 radical (unpaired) electrons. The van der Waals surface area contributed by atoms with Crippen LogP contribution in [0.1, 0.15) is 32.3 Å². The molecular weight excluding hydrogens is 395 g/mol. The van der Waals surface area contributed by atoms with Gasteiger partial charge in [0.15, 0.2) is 5.82 Å². The van der Waals surface area contributed by atoms with Crippen molar-refractivity contribution >= 4 is 12.0 Å². The van der Waals surface area contributed by atoms with Crippen molar-refractivity contribution in [1.29, 1.82) is 0 Å². The van der Waals surface area contributed by atoms with E-state index in [0.29, 0.717) is 19.0 Å². The Morgan fingerprint density at radius 1 is 1.06 bits per heavy atom.